The van der Waals surface area contributed by atoms with Gasteiger partial charge in [-0.25, -0.2) is 13.6 Å². The van der Waals surface area contributed by atoms with Gasteiger partial charge in [0.05, 0.1) is 10.6 Å². The van der Waals surface area contributed by atoms with Crippen molar-refractivity contribution in [1.29, 1.82) is 0 Å². The number of aromatic nitrogens is 2. The summed E-state index contributed by atoms with van der Waals surface area (Å²) in [4.78, 5) is 0.141. The molecule has 21 heavy (non-hydrogen) atoms. The molecular formula is C14H20N4O2S. The van der Waals surface area contributed by atoms with Crippen molar-refractivity contribution < 1.29 is 8.42 Å². The van der Waals surface area contributed by atoms with E-state index in [-0.39, 0.29) is 10.9 Å². The summed E-state index contributed by atoms with van der Waals surface area (Å²) in [5, 5.41) is 12.6. The van der Waals surface area contributed by atoms with Gasteiger partial charge in [-0.2, -0.15) is 5.10 Å². The van der Waals surface area contributed by atoms with Gasteiger partial charge in [-0.05, 0) is 43.7 Å². The van der Waals surface area contributed by atoms with E-state index in [0.29, 0.717) is 0 Å². The zero-order valence-corrected chi connectivity index (χ0v) is 13.0. The van der Waals surface area contributed by atoms with Crippen LogP contribution in [-0.2, 0) is 23.5 Å². The summed E-state index contributed by atoms with van der Waals surface area (Å²) in [7, 11) is -1.70. The lowest BCUT2D eigenvalue weighted by Crippen LogP contribution is -2.23. The van der Waals surface area contributed by atoms with Crippen molar-refractivity contribution in [3.05, 3.63) is 47.8 Å². The van der Waals surface area contributed by atoms with Crippen LogP contribution in [0, 0.1) is 0 Å². The number of hydrogen-bond donors (Lipinski definition) is 2. The fraction of sp³-hybridized carbons (Fsp3) is 0.357. The summed E-state index contributed by atoms with van der Waals surface area (Å²) in [5.74, 6) is 0. The highest BCUT2D eigenvalue weighted by molar-refractivity contribution is 7.89. The van der Waals surface area contributed by atoms with Crippen molar-refractivity contribution in [3.8, 4) is 0 Å². The fourth-order valence-corrected chi connectivity index (χ4v) is 2.71. The number of sulfonamides is 1. The molecule has 2 aromatic rings. The quantitative estimate of drug-likeness (QED) is 0.831. The molecule has 1 aromatic carbocycles. The van der Waals surface area contributed by atoms with Crippen LogP contribution in [0.5, 0.6) is 0 Å². The Balaban J connectivity index is 1.88. The van der Waals surface area contributed by atoms with Gasteiger partial charge in [-0.3, -0.25) is 4.68 Å². The molecule has 114 valence electrons. The molecule has 0 amide bonds. The lowest BCUT2D eigenvalue weighted by atomic mass is 10.1. The van der Waals surface area contributed by atoms with Crippen LogP contribution in [-0.4, -0.2) is 24.7 Å². The second-order valence-electron chi connectivity index (χ2n) is 4.99. The van der Waals surface area contributed by atoms with Crippen molar-refractivity contribution in [3.63, 3.8) is 0 Å². The molecule has 1 atom stereocenters. The van der Waals surface area contributed by atoms with Gasteiger partial charge >= 0.3 is 0 Å². The zero-order valence-electron chi connectivity index (χ0n) is 12.2. The minimum absolute atomic E-state index is 0.141. The molecule has 0 aliphatic heterocycles. The number of primary sulfonamides is 1. The number of nitrogens with two attached hydrogens (primary N) is 1. The topological polar surface area (TPSA) is 90.0 Å². The molecule has 3 N–H and O–H groups in total. The third-order valence-corrected chi connectivity index (χ3v) is 4.35. The van der Waals surface area contributed by atoms with Gasteiger partial charge in [-0.15, -0.1) is 0 Å². The highest BCUT2D eigenvalue weighted by Gasteiger charge is 2.09. The van der Waals surface area contributed by atoms with Gasteiger partial charge in [-0.1, -0.05) is 12.1 Å². The van der Waals surface area contributed by atoms with Gasteiger partial charge < -0.3 is 5.32 Å². The Morgan fingerprint density at radius 3 is 2.48 bits per heavy atom. The van der Waals surface area contributed by atoms with Crippen molar-refractivity contribution in [2.24, 2.45) is 12.2 Å². The molecule has 1 heterocycles. The summed E-state index contributed by atoms with van der Waals surface area (Å²) in [6.07, 6.45) is 2.59. The van der Waals surface area contributed by atoms with E-state index >= 15 is 0 Å². The third kappa shape index (κ3) is 4.13. The number of nitrogens with one attached hydrogen (secondary N) is 1. The maximum absolute atomic E-state index is 11.2. The largest absolute Gasteiger partial charge is 0.309 e. The minimum Gasteiger partial charge on any atom is -0.309 e. The third-order valence-electron chi connectivity index (χ3n) is 3.42. The first-order valence-electron chi connectivity index (χ1n) is 6.71. The average Bonchev–Trinajstić information content (AvgIpc) is 2.84. The molecule has 6 nitrogen and oxygen atoms in total. The SMILES string of the molecule is CC(NCCc1ccc(S(N)(=O)=O)cc1)c1ccnn1C. The van der Waals surface area contributed by atoms with Crippen molar-refractivity contribution in [2.45, 2.75) is 24.3 Å². The molecule has 1 unspecified atom stereocenters. The molecule has 0 bridgehead atoms. The molecule has 0 saturated carbocycles. The predicted molar refractivity (Wildman–Crippen MR) is 81.1 cm³/mol. The monoisotopic (exact) mass is 308 g/mol. The molecular weight excluding hydrogens is 288 g/mol. The first kappa shape index (κ1) is 15.7. The van der Waals surface area contributed by atoms with Gasteiger partial charge in [0.2, 0.25) is 10.0 Å². The Labute approximate surface area is 125 Å². The molecule has 7 heteroatoms. The van der Waals surface area contributed by atoms with Crippen LogP contribution < -0.4 is 10.5 Å². The molecule has 0 spiro atoms. The summed E-state index contributed by atoms with van der Waals surface area (Å²) >= 11 is 0. The van der Waals surface area contributed by atoms with Gasteiger partial charge in [0, 0.05) is 19.3 Å². The Hall–Kier alpha value is -1.70. The standard InChI is InChI=1S/C14H20N4O2S/c1-11(14-8-10-17-18(14)2)16-9-7-12-3-5-13(6-4-12)21(15,19)20/h3-6,8,10-11,16H,7,9H2,1-2H3,(H2,15,19,20). The van der Waals surface area contributed by atoms with Crippen LogP contribution in [0.25, 0.3) is 0 Å². The summed E-state index contributed by atoms with van der Waals surface area (Å²) in [5.41, 5.74) is 2.19. The maximum Gasteiger partial charge on any atom is 0.238 e. The number of hydrogen-bond acceptors (Lipinski definition) is 4. The van der Waals surface area contributed by atoms with Crippen molar-refractivity contribution >= 4 is 10.0 Å². The van der Waals surface area contributed by atoms with E-state index in [1.165, 1.54) is 12.1 Å². The predicted octanol–water partition coefficient (Wildman–Crippen LogP) is 0.961. The number of benzene rings is 1. The van der Waals surface area contributed by atoms with Crippen molar-refractivity contribution in [2.75, 3.05) is 6.54 Å². The van der Waals surface area contributed by atoms with Crippen LogP contribution in [0.1, 0.15) is 24.2 Å². The molecule has 0 fully saturated rings. The molecule has 2 rings (SSSR count). The van der Waals surface area contributed by atoms with Crippen LogP contribution >= 0.6 is 0 Å². The Kier molecular flexibility index (Phi) is 4.76. The van der Waals surface area contributed by atoms with Crippen LogP contribution in [0.4, 0.5) is 0 Å². The Morgan fingerprint density at radius 2 is 1.95 bits per heavy atom. The lowest BCUT2D eigenvalue weighted by molar-refractivity contribution is 0.533. The second-order valence-corrected chi connectivity index (χ2v) is 6.56. The van der Waals surface area contributed by atoms with E-state index in [0.717, 1.165) is 24.2 Å². The molecule has 0 aliphatic rings. The first-order valence-corrected chi connectivity index (χ1v) is 8.25. The van der Waals surface area contributed by atoms with E-state index in [2.05, 4.69) is 17.3 Å². The molecule has 0 aliphatic carbocycles. The zero-order chi connectivity index (χ0) is 15.5. The maximum atomic E-state index is 11.2. The van der Waals surface area contributed by atoms with E-state index < -0.39 is 10.0 Å². The minimum atomic E-state index is -3.61. The van der Waals surface area contributed by atoms with Crippen LogP contribution in [0.15, 0.2) is 41.4 Å². The van der Waals surface area contributed by atoms with E-state index in [9.17, 15) is 8.42 Å². The van der Waals surface area contributed by atoms with Gasteiger partial charge in [0.15, 0.2) is 0 Å². The van der Waals surface area contributed by atoms with Crippen LogP contribution in [0.2, 0.25) is 0 Å². The summed E-state index contributed by atoms with van der Waals surface area (Å²) in [6, 6.07) is 8.84. The normalized spacial score (nSPS) is 13.3. The number of rotatable bonds is 6. The second kappa shape index (κ2) is 6.38. The number of aryl methyl sites for hydroxylation is 1. The fourth-order valence-electron chi connectivity index (χ4n) is 2.19. The van der Waals surface area contributed by atoms with Crippen molar-refractivity contribution in [1.82, 2.24) is 15.1 Å². The van der Waals surface area contributed by atoms with E-state index in [1.54, 1.807) is 18.3 Å². The summed E-state index contributed by atoms with van der Waals surface area (Å²) < 4.78 is 24.2. The average molecular weight is 308 g/mol. The van der Waals surface area contributed by atoms with E-state index in [1.807, 2.05) is 17.8 Å². The van der Waals surface area contributed by atoms with Crippen LogP contribution in [0.3, 0.4) is 0 Å². The van der Waals surface area contributed by atoms with Gasteiger partial charge in [0.25, 0.3) is 0 Å². The Bertz CT molecular complexity index is 692. The highest BCUT2D eigenvalue weighted by Crippen LogP contribution is 2.11. The van der Waals surface area contributed by atoms with Gasteiger partial charge in [0.1, 0.15) is 0 Å². The molecule has 0 radical (unpaired) electrons. The summed E-state index contributed by atoms with van der Waals surface area (Å²) in [6.45, 7) is 2.88. The first-order chi connectivity index (χ1) is 9.88. The molecule has 0 saturated heterocycles. The van der Waals surface area contributed by atoms with E-state index in [4.69, 9.17) is 5.14 Å². The molecule has 1 aromatic heterocycles. The highest BCUT2D eigenvalue weighted by atomic mass is 32.2. The number of nitrogens with zero attached hydrogens (tertiary/aromatic N) is 2. The Morgan fingerprint density at radius 1 is 1.29 bits per heavy atom. The lowest BCUT2D eigenvalue weighted by Gasteiger charge is -2.14. The smallest absolute Gasteiger partial charge is 0.238 e.